The number of halogens is 1. The van der Waals surface area contributed by atoms with Crippen LogP contribution in [0, 0.1) is 0 Å². The molecule has 0 unspecified atom stereocenters. The monoisotopic (exact) mass is 238 g/mol. The quantitative estimate of drug-likeness (QED) is 0.822. The maximum Gasteiger partial charge on any atom is 0.207 e. The molecule has 0 aliphatic carbocycles. The number of nitrogens with two attached hydrogens (primary N) is 1. The molecule has 0 radical (unpaired) electrons. The Hall–Kier alpha value is -1.36. The van der Waals surface area contributed by atoms with Gasteiger partial charge in [0, 0.05) is 12.4 Å². The minimum atomic E-state index is 0.422. The van der Waals surface area contributed by atoms with E-state index in [-0.39, 0.29) is 0 Å². The third kappa shape index (κ3) is 1.55. The Morgan fingerprint density at radius 3 is 2.77 bits per heavy atom. The second-order valence-electron chi connectivity index (χ2n) is 2.48. The number of anilines is 1. The van der Waals surface area contributed by atoms with Crippen LogP contribution in [0.3, 0.4) is 0 Å². The molecule has 0 aromatic carbocycles. The lowest BCUT2D eigenvalue weighted by atomic mass is 10.4. The molecule has 2 aromatic heterocycles. The van der Waals surface area contributed by atoms with Crippen molar-refractivity contribution < 1.29 is 0 Å². The molecule has 0 fully saturated rings. The van der Waals surface area contributed by atoms with Crippen LogP contribution in [0.5, 0.6) is 0 Å². The zero-order valence-corrected chi connectivity index (χ0v) is 8.27. The van der Waals surface area contributed by atoms with E-state index in [2.05, 4.69) is 25.9 Å². The molecule has 0 spiro atoms. The predicted molar refractivity (Wildman–Crippen MR) is 53.5 cm³/mol. The summed E-state index contributed by atoms with van der Waals surface area (Å²) in [6.07, 6.45) is 3.49. The lowest BCUT2D eigenvalue weighted by Gasteiger charge is -2.00. The van der Waals surface area contributed by atoms with E-state index in [4.69, 9.17) is 5.73 Å². The molecule has 2 heterocycles. The number of nitrogens with zero attached hydrogens (tertiary/aromatic N) is 3. The Morgan fingerprint density at radius 1 is 1.38 bits per heavy atom. The van der Waals surface area contributed by atoms with Gasteiger partial charge < -0.3 is 5.73 Å². The topological polar surface area (TPSA) is 56.7 Å². The van der Waals surface area contributed by atoms with Crippen LogP contribution >= 0.6 is 15.9 Å². The van der Waals surface area contributed by atoms with Gasteiger partial charge in [0.1, 0.15) is 10.4 Å². The molecule has 0 amide bonds. The molecule has 13 heavy (non-hydrogen) atoms. The fraction of sp³-hybridized carbons (Fsp3) is 0. The maximum absolute atomic E-state index is 5.66. The first-order chi connectivity index (χ1) is 6.27. The minimum Gasteiger partial charge on any atom is -0.369 e. The van der Waals surface area contributed by atoms with Gasteiger partial charge in [0.05, 0.1) is 0 Å². The first-order valence-corrected chi connectivity index (χ1v) is 4.48. The van der Waals surface area contributed by atoms with E-state index in [1.807, 2.05) is 18.2 Å². The second kappa shape index (κ2) is 3.18. The maximum atomic E-state index is 5.66. The van der Waals surface area contributed by atoms with Gasteiger partial charge in [0.25, 0.3) is 0 Å². The molecule has 0 atom stereocenters. The molecule has 0 aliphatic rings. The highest BCUT2D eigenvalue weighted by Crippen LogP contribution is 2.15. The van der Waals surface area contributed by atoms with Crippen molar-refractivity contribution >= 4 is 21.9 Å². The fourth-order valence-electron chi connectivity index (χ4n) is 1.04. The van der Waals surface area contributed by atoms with Crippen LogP contribution < -0.4 is 5.73 Å². The summed E-state index contributed by atoms with van der Waals surface area (Å²) in [7, 11) is 0. The molecule has 2 aromatic rings. The van der Waals surface area contributed by atoms with Gasteiger partial charge in [-0.05, 0) is 28.1 Å². The van der Waals surface area contributed by atoms with Crippen molar-refractivity contribution in [1.29, 1.82) is 0 Å². The number of aromatic nitrogens is 3. The Balaban J connectivity index is 2.53. The predicted octanol–water partition coefficient (Wildman–Crippen LogP) is 1.61. The molecule has 0 saturated carbocycles. The fourth-order valence-corrected chi connectivity index (χ4v) is 1.43. The third-order valence-electron chi connectivity index (χ3n) is 1.60. The lowest BCUT2D eigenvalue weighted by molar-refractivity contribution is 1.01. The molecule has 0 aliphatic heterocycles. The standard InChI is InChI=1S/C8H7BrN4/c9-6-5-13(8(10)12-6)7-3-1-2-4-11-7/h1-5H,(H2,10,12). The van der Waals surface area contributed by atoms with Crippen molar-refractivity contribution in [2.45, 2.75) is 0 Å². The van der Waals surface area contributed by atoms with Gasteiger partial charge in [-0.3, -0.25) is 4.57 Å². The van der Waals surface area contributed by atoms with Gasteiger partial charge >= 0.3 is 0 Å². The largest absolute Gasteiger partial charge is 0.369 e. The Labute approximate surface area is 83.6 Å². The van der Waals surface area contributed by atoms with Crippen LogP contribution in [0.15, 0.2) is 35.2 Å². The van der Waals surface area contributed by atoms with Gasteiger partial charge in [-0.25, -0.2) is 9.97 Å². The van der Waals surface area contributed by atoms with Crippen molar-refractivity contribution in [1.82, 2.24) is 14.5 Å². The van der Waals surface area contributed by atoms with Crippen LogP contribution in [-0.2, 0) is 0 Å². The van der Waals surface area contributed by atoms with Crippen LogP contribution in [0.4, 0.5) is 5.95 Å². The third-order valence-corrected chi connectivity index (χ3v) is 1.98. The van der Waals surface area contributed by atoms with Crippen LogP contribution in [-0.4, -0.2) is 14.5 Å². The Bertz CT molecular complexity index is 409. The van der Waals surface area contributed by atoms with Crippen molar-refractivity contribution in [3.05, 3.63) is 35.2 Å². The molecule has 5 heteroatoms. The summed E-state index contributed by atoms with van der Waals surface area (Å²) in [4.78, 5) is 8.15. The second-order valence-corrected chi connectivity index (χ2v) is 3.29. The molecule has 0 saturated heterocycles. The lowest BCUT2D eigenvalue weighted by Crippen LogP contribution is -2.00. The van der Waals surface area contributed by atoms with Gasteiger partial charge in [-0.1, -0.05) is 6.07 Å². The minimum absolute atomic E-state index is 0.422. The average Bonchev–Trinajstić information content (AvgIpc) is 2.47. The summed E-state index contributed by atoms with van der Waals surface area (Å²) in [6, 6.07) is 5.62. The normalized spacial score (nSPS) is 10.2. The van der Waals surface area contributed by atoms with Gasteiger partial charge in [-0.2, -0.15) is 0 Å². The molecule has 2 N–H and O–H groups in total. The van der Waals surface area contributed by atoms with Gasteiger partial charge in [0.2, 0.25) is 5.95 Å². The summed E-state index contributed by atoms with van der Waals surface area (Å²) >= 11 is 3.24. The molecule has 4 nitrogen and oxygen atoms in total. The highest BCUT2D eigenvalue weighted by Gasteiger charge is 2.04. The first-order valence-electron chi connectivity index (χ1n) is 3.69. The number of rotatable bonds is 1. The van der Waals surface area contributed by atoms with Crippen LogP contribution in [0.25, 0.3) is 5.82 Å². The van der Waals surface area contributed by atoms with Crippen LogP contribution in [0.1, 0.15) is 0 Å². The zero-order chi connectivity index (χ0) is 9.26. The summed E-state index contributed by atoms with van der Waals surface area (Å²) in [5.74, 6) is 1.18. The van der Waals surface area contributed by atoms with Gasteiger partial charge in [0.15, 0.2) is 0 Å². The van der Waals surface area contributed by atoms with Crippen molar-refractivity contribution in [2.24, 2.45) is 0 Å². The SMILES string of the molecule is Nc1nc(Br)cn1-c1ccccn1. The van der Waals surface area contributed by atoms with Gasteiger partial charge in [-0.15, -0.1) is 0 Å². The number of hydrogen-bond acceptors (Lipinski definition) is 3. The van der Waals surface area contributed by atoms with Crippen molar-refractivity contribution in [3.8, 4) is 5.82 Å². The van der Waals surface area contributed by atoms with E-state index in [9.17, 15) is 0 Å². The van der Waals surface area contributed by atoms with E-state index < -0.39 is 0 Å². The van der Waals surface area contributed by atoms with Crippen molar-refractivity contribution in [2.75, 3.05) is 5.73 Å². The number of nitrogen functional groups attached to an aromatic ring is 1. The smallest absolute Gasteiger partial charge is 0.207 e. The van der Waals surface area contributed by atoms with E-state index in [0.717, 1.165) is 5.82 Å². The molecular weight excluding hydrogens is 232 g/mol. The van der Waals surface area contributed by atoms with Crippen LogP contribution in [0.2, 0.25) is 0 Å². The van der Waals surface area contributed by atoms with E-state index in [0.29, 0.717) is 10.6 Å². The summed E-state index contributed by atoms with van der Waals surface area (Å²) in [6.45, 7) is 0. The number of imidazole rings is 1. The average molecular weight is 239 g/mol. The highest BCUT2D eigenvalue weighted by molar-refractivity contribution is 9.10. The summed E-state index contributed by atoms with van der Waals surface area (Å²) in [5, 5.41) is 0. The number of hydrogen-bond donors (Lipinski definition) is 1. The van der Waals surface area contributed by atoms with Crippen molar-refractivity contribution in [3.63, 3.8) is 0 Å². The van der Waals surface area contributed by atoms with E-state index in [1.165, 1.54) is 0 Å². The molecular formula is C8H7BrN4. The molecule has 0 bridgehead atoms. The summed E-state index contributed by atoms with van der Waals surface area (Å²) < 4.78 is 2.42. The molecule has 66 valence electrons. The zero-order valence-electron chi connectivity index (χ0n) is 6.68. The Morgan fingerprint density at radius 2 is 2.23 bits per heavy atom. The number of pyridine rings is 1. The summed E-state index contributed by atoms with van der Waals surface area (Å²) in [5.41, 5.74) is 5.66. The van der Waals surface area contributed by atoms with E-state index >= 15 is 0 Å². The van der Waals surface area contributed by atoms with E-state index in [1.54, 1.807) is 17.0 Å². The first kappa shape index (κ1) is 8.25. The molecule has 2 rings (SSSR count). The Kier molecular flexibility index (Phi) is 2.02. The highest BCUT2D eigenvalue weighted by atomic mass is 79.9.